The van der Waals surface area contributed by atoms with Crippen molar-refractivity contribution in [2.24, 2.45) is 0 Å². The molecule has 2 rings (SSSR count). The summed E-state index contributed by atoms with van der Waals surface area (Å²) in [6.45, 7) is 8.10. The number of aryl methyl sites for hydroxylation is 1. The van der Waals surface area contributed by atoms with Gasteiger partial charge in [-0.15, -0.1) is 0 Å². The molecule has 0 aliphatic rings. The Kier molecular flexibility index (Phi) is 5.67. The molecule has 25 heavy (non-hydrogen) atoms. The van der Waals surface area contributed by atoms with Crippen LogP contribution in [0.1, 0.15) is 53.2 Å². The molecule has 2 amide bonds. The molecule has 0 fully saturated rings. The maximum atomic E-state index is 12.9. The summed E-state index contributed by atoms with van der Waals surface area (Å²) < 4.78 is 2.13. The lowest BCUT2D eigenvalue weighted by Gasteiger charge is -2.22. The second-order valence-electron chi connectivity index (χ2n) is 6.80. The summed E-state index contributed by atoms with van der Waals surface area (Å²) in [7, 11) is 3.38. The van der Waals surface area contributed by atoms with E-state index in [1.165, 1.54) is 4.90 Å². The van der Waals surface area contributed by atoms with Crippen LogP contribution in [-0.4, -0.2) is 35.4 Å². The fourth-order valence-corrected chi connectivity index (χ4v) is 3.20. The molecule has 0 bridgehead atoms. The SMILES string of the molecule is Cc1cc(C(=O)N[C@@H](C(=O)N(C)C)c2ccccc2)c(C)n1C(C)C. The highest BCUT2D eigenvalue weighted by Gasteiger charge is 2.26. The lowest BCUT2D eigenvalue weighted by molar-refractivity contribution is -0.130. The van der Waals surface area contributed by atoms with Crippen molar-refractivity contribution >= 4 is 11.8 Å². The maximum absolute atomic E-state index is 12.9. The number of amides is 2. The van der Waals surface area contributed by atoms with Gasteiger partial charge in [-0.3, -0.25) is 9.59 Å². The molecule has 0 unspecified atom stereocenters. The van der Waals surface area contributed by atoms with Crippen LogP contribution in [0.3, 0.4) is 0 Å². The first kappa shape index (κ1) is 18.8. The molecule has 0 aliphatic carbocycles. The predicted molar refractivity (Wildman–Crippen MR) is 99.6 cm³/mol. The van der Waals surface area contributed by atoms with Gasteiger partial charge in [-0.05, 0) is 39.3 Å². The highest BCUT2D eigenvalue weighted by atomic mass is 16.2. The number of carbonyl (C=O) groups excluding carboxylic acids is 2. The van der Waals surface area contributed by atoms with Crippen LogP contribution in [0.4, 0.5) is 0 Å². The molecule has 0 saturated heterocycles. The Balaban J connectivity index is 2.35. The topological polar surface area (TPSA) is 54.3 Å². The number of aromatic nitrogens is 1. The van der Waals surface area contributed by atoms with Gasteiger partial charge in [0.2, 0.25) is 5.91 Å². The molecule has 1 aromatic carbocycles. The number of nitrogens with one attached hydrogen (secondary N) is 1. The minimum absolute atomic E-state index is 0.155. The Morgan fingerprint density at radius 3 is 2.16 bits per heavy atom. The molecule has 0 radical (unpaired) electrons. The largest absolute Gasteiger partial charge is 0.347 e. The molecule has 1 atom stereocenters. The summed E-state index contributed by atoms with van der Waals surface area (Å²) in [6.07, 6.45) is 0. The van der Waals surface area contributed by atoms with Crippen molar-refractivity contribution in [3.63, 3.8) is 0 Å². The van der Waals surface area contributed by atoms with Crippen molar-refractivity contribution < 1.29 is 9.59 Å². The molecule has 0 saturated carbocycles. The summed E-state index contributed by atoms with van der Waals surface area (Å²) in [5, 5.41) is 2.91. The first-order valence-corrected chi connectivity index (χ1v) is 8.49. The summed E-state index contributed by atoms with van der Waals surface area (Å²) in [4.78, 5) is 26.9. The zero-order valence-corrected chi connectivity index (χ0v) is 15.8. The first-order chi connectivity index (χ1) is 11.7. The van der Waals surface area contributed by atoms with E-state index in [4.69, 9.17) is 0 Å². The van der Waals surface area contributed by atoms with Gasteiger partial charge in [0, 0.05) is 31.5 Å². The molecule has 1 aromatic heterocycles. The van der Waals surface area contributed by atoms with Crippen LogP contribution in [0.5, 0.6) is 0 Å². The van der Waals surface area contributed by atoms with Gasteiger partial charge in [-0.2, -0.15) is 0 Å². The van der Waals surface area contributed by atoms with E-state index in [1.54, 1.807) is 14.1 Å². The van der Waals surface area contributed by atoms with Crippen LogP contribution in [0.25, 0.3) is 0 Å². The minimum atomic E-state index is -0.703. The molecule has 0 aliphatic heterocycles. The maximum Gasteiger partial charge on any atom is 0.254 e. The Labute approximate surface area is 149 Å². The molecular weight excluding hydrogens is 314 g/mol. The average Bonchev–Trinajstić information content (AvgIpc) is 2.87. The average molecular weight is 341 g/mol. The number of benzene rings is 1. The summed E-state index contributed by atoms with van der Waals surface area (Å²) in [6, 6.07) is 10.8. The molecule has 0 spiro atoms. The third-order valence-electron chi connectivity index (χ3n) is 4.34. The third kappa shape index (κ3) is 3.92. The number of hydrogen-bond donors (Lipinski definition) is 1. The van der Waals surface area contributed by atoms with E-state index in [-0.39, 0.29) is 17.9 Å². The van der Waals surface area contributed by atoms with Gasteiger partial charge in [-0.1, -0.05) is 30.3 Å². The van der Waals surface area contributed by atoms with Gasteiger partial charge >= 0.3 is 0 Å². The lowest BCUT2D eigenvalue weighted by atomic mass is 10.0. The molecule has 1 heterocycles. The van der Waals surface area contributed by atoms with Crippen LogP contribution in [0, 0.1) is 13.8 Å². The molecule has 134 valence electrons. The van der Waals surface area contributed by atoms with E-state index in [2.05, 4.69) is 23.7 Å². The normalized spacial score (nSPS) is 12.1. The quantitative estimate of drug-likeness (QED) is 0.908. The fourth-order valence-electron chi connectivity index (χ4n) is 3.20. The van der Waals surface area contributed by atoms with E-state index in [0.29, 0.717) is 5.56 Å². The van der Waals surface area contributed by atoms with Crippen molar-refractivity contribution in [2.45, 2.75) is 39.8 Å². The third-order valence-corrected chi connectivity index (χ3v) is 4.34. The Bertz CT molecular complexity index is 761. The van der Waals surface area contributed by atoms with Gasteiger partial charge < -0.3 is 14.8 Å². The van der Waals surface area contributed by atoms with E-state index >= 15 is 0 Å². The Morgan fingerprint density at radius 1 is 1.08 bits per heavy atom. The monoisotopic (exact) mass is 341 g/mol. The van der Waals surface area contributed by atoms with Crippen LogP contribution < -0.4 is 5.32 Å². The highest BCUT2D eigenvalue weighted by Crippen LogP contribution is 2.22. The summed E-state index contributed by atoms with van der Waals surface area (Å²) >= 11 is 0. The second-order valence-corrected chi connectivity index (χ2v) is 6.80. The number of likely N-dealkylation sites (N-methyl/N-ethyl adjacent to an activating group) is 1. The van der Waals surface area contributed by atoms with E-state index in [9.17, 15) is 9.59 Å². The number of nitrogens with zero attached hydrogens (tertiary/aromatic N) is 2. The highest BCUT2D eigenvalue weighted by molar-refractivity contribution is 5.99. The Morgan fingerprint density at radius 2 is 1.68 bits per heavy atom. The van der Waals surface area contributed by atoms with Crippen molar-refractivity contribution in [1.29, 1.82) is 0 Å². The number of carbonyl (C=O) groups is 2. The molecule has 2 aromatic rings. The Hall–Kier alpha value is -2.56. The van der Waals surface area contributed by atoms with Crippen LogP contribution >= 0.6 is 0 Å². The predicted octanol–water partition coefficient (Wildman–Crippen LogP) is 3.25. The minimum Gasteiger partial charge on any atom is -0.347 e. The van der Waals surface area contributed by atoms with Gasteiger partial charge in [0.05, 0.1) is 5.56 Å². The summed E-state index contributed by atoms with van der Waals surface area (Å²) in [5.41, 5.74) is 3.33. The van der Waals surface area contributed by atoms with E-state index in [0.717, 1.165) is 17.0 Å². The standard InChI is InChI=1S/C20H27N3O2/c1-13(2)23-14(3)12-17(15(23)4)19(24)21-18(20(25)22(5)6)16-10-8-7-9-11-16/h7-13,18H,1-6H3,(H,21,24)/t18-/m1/s1. The zero-order chi connectivity index (χ0) is 18.7. The fraction of sp³-hybridized carbons (Fsp3) is 0.400. The van der Waals surface area contributed by atoms with E-state index < -0.39 is 6.04 Å². The first-order valence-electron chi connectivity index (χ1n) is 8.49. The molecule has 5 heteroatoms. The number of hydrogen-bond acceptors (Lipinski definition) is 2. The van der Waals surface area contributed by atoms with Gasteiger partial charge in [0.25, 0.3) is 5.91 Å². The van der Waals surface area contributed by atoms with Crippen LogP contribution in [0.2, 0.25) is 0 Å². The molecular formula is C20H27N3O2. The van der Waals surface area contributed by atoms with Gasteiger partial charge in [0.15, 0.2) is 0 Å². The second kappa shape index (κ2) is 7.55. The smallest absolute Gasteiger partial charge is 0.254 e. The van der Waals surface area contributed by atoms with Crippen molar-refractivity contribution in [3.05, 3.63) is 58.9 Å². The zero-order valence-electron chi connectivity index (χ0n) is 15.8. The van der Waals surface area contributed by atoms with Gasteiger partial charge in [-0.25, -0.2) is 0 Å². The summed E-state index contributed by atoms with van der Waals surface area (Å²) in [5.74, 6) is -0.388. The van der Waals surface area contributed by atoms with Gasteiger partial charge in [0.1, 0.15) is 6.04 Å². The van der Waals surface area contributed by atoms with Crippen LogP contribution in [-0.2, 0) is 4.79 Å². The number of rotatable bonds is 5. The van der Waals surface area contributed by atoms with E-state index in [1.807, 2.05) is 50.2 Å². The molecule has 5 nitrogen and oxygen atoms in total. The molecule has 1 N–H and O–H groups in total. The lowest BCUT2D eigenvalue weighted by Crippen LogP contribution is -2.40. The van der Waals surface area contributed by atoms with Crippen molar-refractivity contribution in [3.8, 4) is 0 Å². The van der Waals surface area contributed by atoms with Crippen molar-refractivity contribution in [1.82, 2.24) is 14.8 Å². The van der Waals surface area contributed by atoms with Crippen molar-refractivity contribution in [2.75, 3.05) is 14.1 Å². The van der Waals surface area contributed by atoms with Crippen LogP contribution in [0.15, 0.2) is 36.4 Å².